The standard InChI is InChI=1S/C14H10O3S/c15-16-17-18-14-7-3-6-12-8-10-4-1-2-5-11(10)9-13(12)14/h1-9,15H/p-1. The van der Waals surface area contributed by atoms with Gasteiger partial charge in [0.2, 0.25) is 0 Å². The highest BCUT2D eigenvalue weighted by molar-refractivity contribution is 7.94. The number of hydrogen-bond donors (Lipinski definition) is 0. The van der Waals surface area contributed by atoms with Gasteiger partial charge in [-0.3, -0.25) is 5.04 Å². The molecule has 0 radical (unpaired) electrons. The van der Waals surface area contributed by atoms with Crippen molar-refractivity contribution in [2.24, 2.45) is 0 Å². The average Bonchev–Trinajstić information content (AvgIpc) is 2.43. The Morgan fingerprint density at radius 2 is 1.56 bits per heavy atom. The van der Waals surface area contributed by atoms with Crippen molar-refractivity contribution in [2.45, 2.75) is 4.90 Å². The van der Waals surface area contributed by atoms with Gasteiger partial charge in [0.05, 0.1) is 12.0 Å². The van der Waals surface area contributed by atoms with Crippen LogP contribution >= 0.6 is 12.0 Å². The Kier molecular flexibility index (Phi) is 3.17. The van der Waals surface area contributed by atoms with Gasteiger partial charge in [-0.2, -0.15) is 4.33 Å². The number of fused-ring (bicyclic) bond motifs is 2. The van der Waals surface area contributed by atoms with Gasteiger partial charge in [-0.1, -0.05) is 36.4 Å². The van der Waals surface area contributed by atoms with E-state index < -0.39 is 0 Å². The highest BCUT2D eigenvalue weighted by atomic mass is 32.2. The van der Waals surface area contributed by atoms with E-state index in [1.807, 2.05) is 30.3 Å². The van der Waals surface area contributed by atoms with Crippen molar-refractivity contribution in [3.05, 3.63) is 54.6 Å². The topological polar surface area (TPSA) is 41.5 Å². The van der Waals surface area contributed by atoms with Crippen LogP contribution in [0, 0.1) is 0 Å². The molecule has 0 aliphatic carbocycles. The van der Waals surface area contributed by atoms with E-state index in [0.717, 1.165) is 33.1 Å². The lowest BCUT2D eigenvalue weighted by atomic mass is 10.0. The largest absolute Gasteiger partial charge is 0.691 e. The number of hydrogen-bond acceptors (Lipinski definition) is 4. The fourth-order valence-corrected chi connectivity index (χ4v) is 2.56. The molecule has 0 fully saturated rings. The lowest BCUT2D eigenvalue weighted by molar-refractivity contribution is -0.777. The monoisotopic (exact) mass is 257 g/mol. The maximum atomic E-state index is 9.91. The molecule has 90 valence electrons. The van der Waals surface area contributed by atoms with Crippen LogP contribution in [0.25, 0.3) is 21.5 Å². The Hall–Kier alpha value is -1.59. The summed E-state index contributed by atoms with van der Waals surface area (Å²) in [5, 5.41) is 17.8. The molecule has 0 spiro atoms. The fourth-order valence-electron chi connectivity index (χ4n) is 2.06. The van der Waals surface area contributed by atoms with Gasteiger partial charge in [0.15, 0.2) is 0 Å². The SMILES string of the molecule is [O-]OOSc1cccc2cc3ccccc3cc12. The number of benzene rings is 3. The second-order valence-electron chi connectivity index (χ2n) is 3.90. The van der Waals surface area contributed by atoms with Gasteiger partial charge < -0.3 is 5.26 Å². The molecule has 0 aliphatic rings. The maximum Gasteiger partial charge on any atom is 0.0680 e. The molecule has 3 aromatic rings. The zero-order chi connectivity index (χ0) is 12.4. The van der Waals surface area contributed by atoms with Crippen LogP contribution in [0.1, 0.15) is 0 Å². The van der Waals surface area contributed by atoms with Crippen molar-refractivity contribution < 1.29 is 14.6 Å². The Labute approximate surface area is 108 Å². The molecule has 0 saturated carbocycles. The third-order valence-corrected chi connectivity index (χ3v) is 3.52. The third kappa shape index (κ3) is 2.07. The summed E-state index contributed by atoms with van der Waals surface area (Å²) < 4.78 is 4.40. The first kappa shape index (κ1) is 11.5. The van der Waals surface area contributed by atoms with Crippen molar-refractivity contribution in [2.75, 3.05) is 0 Å². The molecule has 0 aliphatic heterocycles. The van der Waals surface area contributed by atoms with E-state index in [4.69, 9.17) is 0 Å². The summed E-state index contributed by atoms with van der Waals surface area (Å²) in [5.74, 6) is 0. The van der Waals surface area contributed by atoms with Gasteiger partial charge in [0.1, 0.15) is 0 Å². The van der Waals surface area contributed by atoms with Gasteiger partial charge >= 0.3 is 0 Å². The molecule has 0 heterocycles. The van der Waals surface area contributed by atoms with E-state index in [9.17, 15) is 5.26 Å². The van der Waals surface area contributed by atoms with E-state index in [1.54, 1.807) is 0 Å². The van der Waals surface area contributed by atoms with E-state index in [-0.39, 0.29) is 0 Å². The maximum absolute atomic E-state index is 9.91. The summed E-state index contributed by atoms with van der Waals surface area (Å²) in [7, 11) is 0. The molecule has 0 aromatic heterocycles. The second kappa shape index (κ2) is 4.96. The van der Waals surface area contributed by atoms with Crippen LogP contribution < -0.4 is 5.26 Å². The zero-order valence-corrected chi connectivity index (χ0v) is 10.1. The summed E-state index contributed by atoms with van der Waals surface area (Å²) in [6.07, 6.45) is 0. The Morgan fingerprint density at radius 3 is 2.33 bits per heavy atom. The van der Waals surface area contributed by atoms with Crippen molar-refractivity contribution in [3.8, 4) is 0 Å². The smallest absolute Gasteiger partial charge is 0.0680 e. The van der Waals surface area contributed by atoms with Crippen LogP contribution in [0.2, 0.25) is 0 Å². The summed E-state index contributed by atoms with van der Waals surface area (Å²) in [4.78, 5) is 0.856. The molecule has 18 heavy (non-hydrogen) atoms. The molecule has 0 amide bonds. The van der Waals surface area contributed by atoms with Crippen LogP contribution in [-0.2, 0) is 9.37 Å². The van der Waals surface area contributed by atoms with Crippen molar-refractivity contribution in [1.29, 1.82) is 0 Å². The van der Waals surface area contributed by atoms with Crippen molar-refractivity contribution >= 4 is 33.6 Å². The fraction of sp³-hybridized carbons (Fsp3) is 0. The Balaban J connectivity index is 2.22. The molecule has 3 aromatic carbocycles. The van der Waals surface area contributed by atoms with E-state index in [1.165, 1.54) is 5.39 Å². The zero-order valence-electron chi connectivity index (χ0n) is 9.33. The molecule has 0 saturated heterocycles. The molecular formula is C14H9O3S-. The lowest BCUT2D eigenvalue weighted by Crippen LogP contribution is -2.00. The summed E-state index contributed by atoms with van der Waals surface area (Å²) in [6, 6.07) is 18.2. The minimum Gasteiger partial charge on any atom is -0.691 e. The molecule has 0 unspecified atom stereocenters. The first-order valence-electron chi connectivity index (χ1n) is 5.43. The molecular weight excluding hydrogens is 248 g/mol. The van der Waals surface area contributed by atoms with Gasteiger partial charge in [-0.25, -0.2) is 0 Å². The highest BCUT2D eigenvalue weighted by Crippen LogP contribution is 2.31. The minimum absolute atomic E-state index is 0.856. The molecule has 0 N–H and O–H groups in total. The van der Waals surface area contributed by atoms with Crippen molar-refractivity contribution in [1.82, 2.24) is 0 Å². The lowest BCUT2D eigenvalue weighted by Gasteiger charge is -2.08. The molecule has 3 nitrogen and oxygen atoms in total. The predicted molar refractivity (Wildman–Crippen MR) is 69.5 cm³/mol. The predicted octanol–water partition coefficient (Wildman–Crippen LogP) is 3.22. The first-order chi connectivity index (χ1) is 8.88. The van der Waals surface area contributed by atoms with Crippen LogP contribution in [-0.4, -0.2) is 0 Å². The Morgan fingerprint density at radius 1 is 0.833 bits per heavy atom. The summed E-state index contributed by atoms with van der Waals surface area (Å²) >= 11 is 0.924. The summed E-state index contributed by atoms with van der Waals surface area (Å²) in [6.45, 7) is 0. The summed E-state index contributed by atoms with van der Waals surface area (Å²) in [5.41, 5.74) is 0. The van der Waals surface area contributed by atoms with Crippen molar-refractivity contribution in [3.63, 3.8) is 0 Å². The van der Waals surface area contributed by atoms with Crippen LogP contribution in [0.3, 0.4) is 0 Å². The number of rotatable bonds is 3. The molecule has 0 atom stereocenters. The highest BCUT2D eigenvalue weighted by Gasteiger charge is 2.04. The third-order valence-electron chi connectivity index (χ3n) is 2.86. The van der Waals surface area contributed by atoms with Gasteiger partial charge in [-0.15, -0.1) is 0 Å². The van der Waals surface area contributed by atoms with Gasteiger partial charge in [0.25, 0.3) is 0 Å². The van der Waals surface area contributed by atoms with E-state index >= 15 is 0 Å². The Bertz CT molecular complexity index is 697. The van der Waals surface area contributed by atoms with Crippen LogP contribution in [0.15, 0.2) is 59.5 Å². The molecule has 0 bridgehead atoms. The molecule has 4 heteroatoms. The minimum atomic E-state index is 0.856. The first-order valence-corrected chi connectivity index (χ1v) is 6.17. The second-order valence-corrected chi connectivity index (χ2v) is 4.64. The van der Waals surface area contributed by atoms with Crippen LogP contribution in [0.5, 0.6) is 0 Å². The normalized spacial score (nSPS) is 11.2. The van der Waals surface area contributed by atoms with Crippen LogP contribution in [0.4, 0.5) is 0 Å². The molecule has 3 rings (SSSR count). The van der Waals surface area contributed by atoms with Gasteiger partial charge in [-0.05, 0) is 39.7 Å². The van der Waals surface area contributed by atoms with E-state index in [2.05, 4.69) is 33.6 Å². The average molecular weight is 257 g/mol. The van der Waals surface area contributed by atoms with Gasteiger partial charge in [0, 0.05) is 4.90 Å². The van der Waals surface area contributed by atoms with E-state index in [0.29, 0.717) is 0 Å². The quantitative estimate of drug-likeness (QED) is 0.313.